The third-order valence-electron chi connectivity index (χ3n) is 2.75. The zero-order chi connectivity index (χ0) is 13.5. The molecule has 0 fully saturated rings. The molecular weight excluding hydrogens is 240 g/mol. The van der Waals surface area contributed by atoms with Crippen molar-refractivity contribution >= 4 is 11.8 Å². The number of furan rings is 1. The quantitative estimate of drug-likeness (QED) is 0.801. The molecule has 2 heterocycles. The van der Waals surface area contributed by atoms with Crippen LogP contribution >= 0.6 is 0 Å². The monoisotopic (exact) mass is 260 g/mol. The van der Waals surface area contributed by atoms with E-state index < -0.39 is 0 Å². The van der Waals surface area contributed by atoms with Crippen molar-refractivity contribution in [2.45, 2.75) is 26.7 Å². The van der Waals surface area contributed by atoms with Crippen LogP contribution in [0.5, 0.6) is 0 Å². The van der Waals surface area contributed by atoms with E-state index in [0.717, 1.165) is 43.1 Å². The predicted molar refractivity (Wildman–Crippen MR) is 76.5 cm³/mol. The molecule has 0 aliphatic heterocycles. The molecule has 2 N–H and O–H groups in total. The molecule has 5 heteroatoms. The molecule has 2 aromatic heterocycles. The number of hydrogen-bond acceptors (Lipinski definition) is 5. The van der Waals surface area contributed by atoms with Crippen molar-refractivity contribution in [2.75, 3.05) is 23.7 Å². The number of nitrogens with one attached hydrogen (secondary N) is 2. The standard InChI is InChI=1S/C14H20N4O/c1-3-7-16-14-17-10-11(2)13(18-14)15-8-6-12-5-4-9-19-12/h4-5,9-10H,3,6-8H2,1-2H3,(H2,15,16,17,18). The van der Waals surface area contributed by atoms with E-state index in [2.05, 4.69) is 27.5 Å². The van der Waals surface area contributed by atoms with Crippen LogP contribution < -0.4 is 10.6 Å². The summed E-state index contributed by atoms with van der Waals surface area (Å²) in [4.78, 5) is 8.72. The second-order valence-electron chi connectivity index (χ2n) is 4.41. The van der Waals surface area contributed by atoms with Crippen LogP contribution in [-0.4, -0.2) is 23.1 Å². The Labute approximate surface area is 113 Å². The maximum Gasteiger partial charge on any atom is 0.224 e. The Bertz CT molecular complexity index is 496. The third kappa shape index (κ3) is 3.98. The third-order valence-corrected chi connectivity index (χ3v) is 2.75. The normalized spacial score (nSPS) is 10.4. The number of hydrogen-bond donors (Lipinski definition) is 2. The van der Waals surface area contributed by atoms with Crippen LogP contribution in [0.25, 0.3) is 0 Å². The maximum absolute atomic E-state index is 5.29. The molecule has 0 aromatic carbocycles. The van der Waals surface area contributed by atoms with E-state index >= 15 is 0 Å². The van der Waals surface area contributed by atoms with Gasteiger partial charge in [-0.05, 0) is 25.5 Å². The van der Waals surface area contributed by atoms with Gasteiger partial charge in [0, 0.05) is 31.3 Å². The van der Waals surface area contributed by atoms with Crippen LogP contribution in [0.3, 0.4) is 0 Å². The van der Waals surface area contributed by atoms with E-state index in [0.29, 0.717) is 5.95 Å². The van der Waals surface area contributed by atoms with E-state index in [1.54, 1.807) is 6.26 Å². The van der Waals surface area contributed by atoms with Crippen LogP contribution in [0.15, 0.2) is 29.0 Å². The van der Waals surface area contributed by atoms with Gasteiger partial charge < -0.3 is 15.1 Å². The van der Waals surface area contributed by atoms with Gasteiger partial charge in [-0.1, -0.05) is 6.92 Å². The minimum atomic E-state index is 0.674. The molecule has 0 atom stereocenters. The molecule has 19 heavy (non-hydrogen) atoms. The van der Waals surface area contributed by atoms with Crippen LogP contribution in [0.4, 0.5) is 11.8 Å². The van der Waals surface area contributed by atoms with Gasteiger partial charge >= 0.3 is 0 Å². The van der Waals surface area contributed by atoms with Crippen LogP contribution in [0.2, 0.25) is 0 Å². The second kappa shape index (κ2) is 6.78. The summed E-state index contributed by atoms with van der Waals surface area (Å²) in [6.07, 6.45) is 5.42. The first-order valence-corrected chi connectivity index (χ1v) is 6.63. The molecule has 0 amide bonds. The summed E-state index contributed by atoms with van der Waals surface area (Å²) in [6, 6.07) is 3.88. The van der Waals surface area contributed by atoms with E-state index in [1.165, 1.54) is 0 Å². The van der Waals surface area contributed by atoms with Gasteiger partial charge in [-0.25, -0.2) is 4.98 Å². The van der Waals surface area contributed by atoms with Crippen molar-refractivity contribution < 1.29 is 4.42 Å². The largest absolute Gasteiger partial charge is 0.469 e. The summed E-state index contributed by atoms with van der Waals surface area (Å²) in [5, 5.41) is 6.50. The Hall–Kier alpha value is -2.04. The minimum Gasteiger partial charge on any atom is -0.469 e. The lowest BCUT2D eigenvalue weighted by Crippen LogP contribution is -2.10. The molecular formula is C14H20N4O. The Morgan fingerprint density at radius 3 is 2.89 bits per heavy atom. The van der Waals surface area contributed by atoms with E-state index in [-0.39, 0.29) is 0 Å². The van der Waals surface area contributed by atoms with Crippen molar-refractivity contribution in [3.05, 3.63) is 35.9 Å². The molecule has 0 saturated heterocycles. The predicted octanol–water partition coefficient (Wildman–Crippen LogP) is 2.85. The fourth-order valence-electron chi connectivity index (χ4n) is 1.70. The van der Waals surface area contributed by atoms with Crippen molar-refractivity contribution in [1.29, 1.82) is 0 Å². The van der Waals surface area contributed by atoms with Gasteiger partial charge in [-0.2, -0.15) is 4.98 Å². The summed E-state index contributed by atoms with van der Waals surface area (Å²) < 4.78 is 5.29. The Morgan fingerprint density at radius 1 is 1.26 bits per heavy atom. The number of aromatic nitrogens is 2. The first-order valence-electron chi connectivity index (χ1n) is 6.63. The molecule has 2 aromatic rings. The molecule has 0 saturated carbocycles. The summed E-state index contributed by atoms with van der Waals surface area (Å²) >= 11 is 0. The average Bonchev–Trinajstić information content (AvgIpc) is 2.92. The number of rotatable bonds is 7. The first kappa shape index (κ1) is 13.4. The highest BCUT2D eigenvalue weighted by Gasteiger charge is 2.03. The molecule has 2 rings (SSSR count). The number of aryl methyl sites for hydroxylation is 1. The van der Waals surface area contributed by atoms with Gasteiger partial charge in [-0.3, -0.25) is 0 Å². The Morgan fingerprint density at radius 2 is 2.16 bits per heavy atom. The van der Waals surface area contributed by atoms with E-state index in [1.807, 2.05) is 25.3 Å². The van der Waals surface area contributed by atoms with Gasteiger partial charge in [-0.15, -0.1) is 0 Å². The molecule has 102 valence electrons. The average molecular weight is 260 g/mol. The Kier molecular flexibility index (Phi) is 4.78. The summed E-state index contributed by atoms with van der Waals surface area (Å²) in [7, 11) is 0. The van der Waals surface area contributed by atoms with Crippen LogP contribution in [-0.2, 0) is 6.42 Å². The van der Waals surface area contributed by atoms with E-state index in [4.69, 9.17) is 4.42 Å². The zero-order valence-electron chi connectivity index (χ0n) is 11.4. The fraction of sp³-hybridized carbons (Fsp3) is 0.429. The molecule has 0 aliphatic rings. The molecule has 5 nitrogen and oxygen atoms in total. The summed E-state index contributed by atoms with van der Waals surface area (Å²) in [5.41, 5.74) is 1.04. The fourth-order valence-corrected chi connectivity index (χ4v) is 1.70. The van der Waals surface area contributed by atoms with Crippen LogP contribution in [0.1, 0.15) is 24.7 Å². The molecule has 0 aliphatic carbocycles. The lowest BCUT2D eigenvalue weighted by molar-refractivity contribution is 0.513. The summed E-state index contributed by atoms with van der Waals surface area (Å²) in [6.45, 7) is 5.79. The van der Waals surface area contributed by atoms with Gasteiger partial charge in [0.05, 0.1) is 6.26 Å². The number of nitrogens with zero attached hydrogens (tertiary/aromatic N) is 2. The highest BCUT2D eigenvalue weighted by molar-refractivity contribution is 5.46. The molecule has 0 spiro atoms. The molecule has 0 bridgehead atoms. The lowest BCUT2D eigenvalue weighted by atomic mass is 10.3. The number of anilines is 2. The second-order valence-corrected chi connectivity index (χ2v) is 4.41. The lowest BCUT2D eigenvalue weighted by Gasteiger charge is -2.10. The van der Waals surface area contributed by atoms with Crippen LogP contribution in [0, 0.1) is 6.92 Å². The van der Waals surface area contributed by atoms with Gasteiger partial charge in [0.15, 0.2) is 0 Å². The van der Waals surface area contributed by atoms with Crippen molar-refractivity contribution in [3.63, 3.8) is 0 Å². The highest BCUT2D eigenvalue weighted by atomic mass is 16.3. The minimum absolute atomic E-state index is 0.674. The Balaban J connectivity index is 1.90. The van der Waals surface area contributed by atoms with Crippen molar-refractivity contribution in [2.24, 2.45) is 0 Å². The van der Waals surface area contributed by atoms with Gasteiger partial charge in [0.1, 0.15) is 11.6 Å². The smallest absolute Gasteiger partial charge is 0.224 e. The highest BCUT2D eigenvalue weighted by Crippen LogP contribution is 2.12. The SMILES string of the molecule is CCCNc1ncc(C)c(NCCc2ccco2)n1. The topological polar surface area (TPSA) is 63.0 Å². The maximum atomic E-state index is 5.29. The molecule has 0 unspecified atom stereocenters. The first-order chi connectivity index (χ1) is 9.29. The van der Waals surface area contributed by atoms with Gasteiger partial charge in [0.2, 0.25) is 5.95 Å². The molecule has 0 radical (unpaired) electrons. The van der Waals surface area contributed by atoms with Gasteiger partial charge in [0.25, 0.3) is 0 Å². The van der Waals surface area contributed by atoms with E-state index in [9.17, 15) is 0 Å². The van der Waals surface area contributed by atoms with Crippen molar-refractivity contribution in [3.8, 4) is 0 Å². The zero-order valence-corrected chi connectivity index (χ0v) is 11.4. The summed E-state index contributed by atoms with van der Waals surface area (Å²) in [5.74, 6) is 2.52. The van der Waals surface area contributed by atoms with Crippen molar-refractivity contribution in [1.82, 2.24) is 9.97 Å².